The Bertz CT molecular complexity index is 478. The van der Waals surface area contributed by atoms with E-state index in [2.05, 4.69) is 56.9 Å². The molecule has 0 fully saturated rings. The lowest BCUT2D eigenvalue weighted by Crippen LogP contribution is -1.91. The molecule has 0 saturated carbocycles. The van der Waals surface area contributed by atoms with Crippen molar-refractivity contribution in [1.29, 1.82) is 0 Å². The van der Waals surface area contributed by atoms with Gasteiger partial charge in [0.1, 0.15) is 0 Å². The lowest BCUT2D eigenvalue weighted by atomic mass is 10.0. The van der Waals surface area contributed by atoms with E-state index in [9.17, 15) is 0 Å². The van der Waals surface area contributed by atoms with E-state index in [1.165, 1.54) is 21.6 Å². The Labute approximate surface area is 102 Å². The number of hydrogen-bond donors (Lipinski definition) is 0. The summed E-state index contributed by atoms with van der Waals surface area (Å²) < 4.78 is 0. The molecule has 1 aromatic carbocycles. The summed E-state index contributed by atoms with van der Waals surface area (Å²) in [6.07, 6.45) is 9.41. The van der Waals surface area contributed by atoms with E-state index in [-0.39, 0.29) is 0 Å². The Hall–Kier alpha value is -1.21. The zero-order chi connectivity index (χ0) is 11.5. The Kier molecular flexibility index (Phi) is 3.35. The minimum Gasteiger partial charge on any atom is -0.0904 e. The van der Waals surface area contributed by atoms with Crippen LogP contribution in [0.5, 0.6) is 0 Å². The Morgan fingerprint density at radius 3 is 2.69 bits per heavy atom. The van der Waals surface area contributed by atoms with Gasteiger partial charge in [0, 0.05) is 9.80 Å². The average molecular weight is 228 g/mol. The summed E-state index contributed by atoms with van der Waals surface area (Å²) in [6.45, 7) is 8.39. The van der Waals surface area contributed by atoms with Gasteiger partial charge >= 0.3 is 0 Å². The number of hydrogen-bond acceptors (Lipinski definition) is 1. The molecule has 0 aliphatic carbocycles. The van der Waals surface area contributed by atoms with Gasteiger partial charge in [-0.25, -0.2) is 0 Å². The predicted octanol–water partition coefficient (Wildman–Crippen LogP) is 4.58. The molecule has 0 unspecified atom stereocenters. The molecule has 0 N–H and O–H groups in total. The summed E-state index contributed by atoms with van der Waals surface area (Å²) in [5.41, 5.74) is 4.12. The molecule has 1 heteroatoms. The molecular formula is C15H16S. The Balaban J connectivity index is 2.48. The number of benzene rings is 1. The second-order valence-corrected chi connectivity index (χ2v) is 5.27. The summed E-state index contributed by atoms with van der Waals surface area (Å²) >= 11 is 1.76. The fraction of sp³-hybridized carbons (Fsp3) is 0.200. The van der Waals surface area contributed by atoms with Gasteiger partial charge in [0.2, 0.25) is 0 Å². The fourth-order valence-electron chi connectivity index (χ4n) is 1.72. The standard InChI is InChI=1S/C15H16S/c1-11-9-14-8-6-4-5-7-13(3)16-15(14)10-12(11)2/h4-7,9-10H,3,8H2,1-2H3/b6-4-,7-5-. The SMILES string of the molecule is C=C1/C=C\C=C/Cc2cc(C)c(C)cc2S1. The summed E-state index contributed by atoms with van der Waals surface area (Å²) in [6, 6.07) is 4.56. The van der Waals surface area contributed by atoms with Crippen LogP contribution in [0, 0.1) is 13.8 Å². The Morgan fingerprint density at radius 1 is 1.12 bits per heavy atom. The highest BCUT2D eigenvalue weighted by Crippen LogP contribution is 2.32. The van der Waals surface area contributed by atoms with E-state index in [0.29, 0.717) is 0 Å². The predicted molar refractivity (Wildman–Crippen MR) is 72.9 cm³/mol. The van der Waals surface area contributed by atoms with E-state index in [0.717, 1.165) is 11.3 Å². The van der Waals surface area contributed by atoms with E-state index in [4.69, 9.17) is 0 Å². The summed E-state index contributed by atoms with van der Waals surface area (Å²) in [5.74, 6) is 0. The number of thioether (sulfide) groups is 1. The molecule has 0 spiro atoms. The van der Waals surface area contributed by atoms with Crippen molar-refractivity contribution in [2.75, 3.05) is 0 Å². The van der Waals surface area contributed by atoms with Crippen molar-refractivity contribution in [3.8, 4) is 0 Å². The maximum atomic E-state index is 4.05. The van der Waals surface area contributed by atoms with Crippen molar-refractivity contribution in [3.05, 3.63) is 64.6 Å². The van der Waals surface area contributed by atoms with Gasteiger partial charge in [-0.15, -0.1) is 0 Å². The molecule has 2 rings (SSSR count). The van der Waals surface area contributed by atoms with Crippen molar-refractivity contribution in [1.82, 2.24) is 0 Å². The number of rotatable bonds is 0. The number of allylic oxidation sites excluding steroid dienone is 4. The van der Waals surface area contributed by atoms with Crippen LogP contribution in [-0.2, 0) is 6.42 Å². The van der Waals surface area contributed by atoms with Gasteiger partial charge in [-0.1, -0.05) is 42.6 Å². The molecule has 0 bridgehead atoms. The third-order valence-corrected chi connectivity index (χ3v) is 3.78. The summed E-state index contributed by atoms with van der Waals surface area (Å²) in [4.78, 5) is 2.43. The zero-order valence-corrected chi connectivity index (χ0v) is 10.6. The van der Waals surface area contributed by atoms with Crippen LogP contribution in [0.15, 0.2) is 52.8 Å². The van der Waals surface area contributed by atoms with E-state index in [1.807, 2.05) is 0 Å². The second-order valence-electron chi connectivity index (χ2n) is 4.10. The van der Waals surface area contributed by atoms with Gasteiger partial charge < -0.3 is 0 Å². The van der Waals surface area contributed by atoms with Crippen molar-refractivity contribution in [3.63, 3.8) is 0 Å². The summed E-state index contributed by atoms with van der Waals surface area (Å²) in [5, 5.41) is 0. The zero-order valence-electron chi connectivity index (χ0n) is 9.79. The van der Waals surface area contributed by atoms with Gasteiger partial charge in [-0.05, 0) is 49.1 Å². The van der Waals surface area contributed by atoms with Crippen LogP contribution in [-0.4, -0.2) is 0 Å². The molecule has 0 saturated heterocycles. The largest absolute Gasteiger partial charge is 0.0904 e. The molecule has 1 aliphatic rings. The highest BCUT2D eigenvalue weighted by Gasteiger charge is 2.06. The third kappa shape index (κ3) is 2.48. The molecule has 0 radical (unpaired) electrons. The first-order valence-electron chi connectivity index (χ1n) is 5.47. The lowest BCUT2D eigenvalue weighted by Gasteiger charge is -2.10. The van der Waals surface area contributed by atoms with Gasteiger partial charge in [-0.3, -0.25) is 0 Å². The van der Waals surface area contributed by atoms with Crippen molar-refractivity contribution >= 4 is 11.8 Å². The molecule has 82 valence electrons. The van der Waals surface area contributed by atoms with Crippen LogP contribution in [0.1, 0.15) is 16.7 Å². The smallest absolute Gasteiger partial charge is 0.0160 e. The second kappa shape index (κ2) is 4.75. The normalized spacial score (nSPS) is 19.2. The van der Waals surface area contributed by atoms with E-state index >= 15 is 0 Å². The first-order valence-corrected chi connectivity index (χ1v) is 6.28. The average Bonchev–Trinajstić information content (AvgIpc) is 2.31. The first kappa shape index (κ1) is 11.3. The van der Waals surface area contributed by atoms with E-state index in [1.54, 1.807) is 11.8 Å². The fourth-order valence-corrected chi connectivity index (χ4v) is 2.65. The van der Waals surface area contributed by atoms with Crippen LogP contribution in [0.2, 0.25) is 0 Å². The third-order valence-electron chi connectivity index (χ3n) is 2.78. The molecule has 0 amide bonds. The Morgan fingerprint density at radius 2 is 1.88 bits per heavy atom. The summed E-state index contributed by atoms with van der Waals surface area (Å²) in [7, 11) is 0. The highest BCUT2D eigenvalue weighted by atomic mass is 32.2. The number of fused-ring (bicyclic) bond motifs is 1. The van der Waals surface area contributed by atoms with Gasteiger partial charge in [0.25, 0.3) is 0 Å². The lowest BCUT2D eigenvalue weighted by molar-refractivity contribution is 1.14. The van der Waals surface area contributed by atoms with E-state index < -0.39 is 0 Å². The van der Waals surface area contributed by atoms with Crippen LogP contribution < -0.4 is 0 Å². The molecule has 16 heavy (non-hydrogen) atoms. The molecule has 1 aromatic rings. The topological polar surface area (TPSA) is 0 Å². The van der Waals surface area contributed by atoms with Gasteiger partial charge in [0.15, 0.2) is 0 Å². The van der Waals surface area contributed by atoms with Crippen molar-refractivity contribution < 1.29 is 0 Å². The minimum atomic E-state index is 1.00. The molecule has 1 aliphatic heterocycles. The highest BCUT2D eigenvalue weighted by molar-refractivity contribution is 8.03. The first-order chi connectivity index (χ1) is 7.66. The quantitative estimate of drug-likeness (QED) is 0.626. The minimum absolute atomic E-state index is 1.00. The van der Waals surface area contributed by atoms with Gasteiger partial charge in [-0.2, -0.15) is 0 Å². The molecule has 1 heterocycles. The van der Waals surface area contributed by atoms with Crippen LogP contribution >= 0.6 is 11.8 Å². The van der Waals surface area contributed by atoms with Crippen molar-refractivity contribution in [2.45, 2.75) is 25.2 Å². The monoisotopic (exact) mass is 228 g/mol. The molecule has 0 atom stereocenters. The molecule has 0 nitrogen and oxygen atoms in total. The van der Waals surface area contributed by atoms with Crippen LogP contribution in [0.3, 0.4) is 0 Å². The van der Waals surface area contributed by atoms with Crippen molar-refractivity contribution in [2.24, 2.45) is 0 Å². The number of aryl methyl sites for hydroxylation is 2. The molecule has 0 aromatic heterocycles. The van der Waals surface area contributed by atoms with Crippen LogP contribution in [0.25, 0.3) is 0 Å². The van der Waals surface area contributed by atoms with Gasteiger partial charge in [0.05, 0.1) is 0 Å². The van der Waals surface area contributed by atoms with Crippen LogP contribution in [0.4, 0.5) is 0 Å². The maximum Gasteiger partial charge on any atom is 0.0160 e. The maximum absolute atomic E-state index is 4.05. The molecular weight excluding hydrogens is 212 g/mol.